The van der Waals surface area contributed by atoms with Crippen molar-refractivity contribution in [1.29, 1.82) is 0 Å². The molecule has 0 amide bonds. The number of hydrogen-bond donors (Lipinski definition) is 2. The number of ether oxygens (including phenoxy) is 1. The molecule has 0 spiro atoms. The molecule has 146 valence electrons. The first-order valence-corrected chi connectivity index (χ1v) is 10.7. The summed E-state index contributed by atoms with van der Waals surface area (Å²) in [7, 11) is 0. The Kier molecular flexibility index (Phi) is 20.8. The maximum atomic E-state index is 9.23. The summed E-state index contributed by atoms with van der Waals surface area (Å²) >= 11 is 0. The van der Waals surface area contributed by atoms with Crippen molar-refractivity contribution in [1.82, 2.24) is 0 Å². The second kappa shape index (κ2) is 20.9. The van der Waals surface area contributed by atoms with Gasteiger partial charge < -0.3 is 14.9 Å². The Bertz CT molecular complexity index is 221. The average molecular weight is 345 g/mol. The van der Waals surface area contributed by atoms with Gasteiger partial charge in [-0.15, -0.1) is 0 Å². The molecule has 0 aromatic heterocycles. The molecule has 0 radical (unpaired) electrons. The summed E-state index contributed by atoms with van der Waals surface area (Å²) in [4.78, 5) is 0. The lowest BCUT2D eigenvalue weighted by molar-refractivity contribution is 0.0860. The molecule has 1 atom stereocenters. The van der Waals surface area contributed by atoms with E-state index in [2.05, 4.69) is 6.92 Å². The summed E-state index contributed by atoms with van der Waals surface area (Å²) in [5.74, 6) is 0. The Morgan fingerprint density at radius 1 is 0.625 bits per heavy atom. The molecule has 0 bridgehead atoms. The molecular formula is C21H44O3. The maximum Gasteiger partial charge on any atom is 0.0770 e. The Balaban J connectivity index is 2.98. The van der Waals surface area contributed by atoms with E-state index in [4.69, 9.17) is 9.84 Å². The molecule has 3 nitrogen and oxygen atoms in total. The second-order valence-corrected chi connectivity index (χ2v) is 7.19. The van der Waals surface area contributed by atoms with Gasteiger partial charge in [0.25, 0.3) is 0 Å². The first-order chi connectivity index (χ1) is 11.8. The number of unbranched alkanes of at least 4 members (excludes halogenated alkanes) is 13. The van der Waals surface area contributed by atoms with E-state index in [1.54, 1.807) is 0 Å². The van der Waals surface area contributed by atoms with Crippen LogP contribution in [0.15, 0.2) is 0 Å². The zero-order valence-corrected chi connectivity index (χ0v) is 16.3. The number of aliphatic hydroxyl groups excluding tert-OH is 2. The lowest BCUT2D eigenvalue weighted by Gasteiger charge is -2.06. The Morgan fingerprint density at radius 3 is 1.50 bits per heavy atom. The SMILES string of the molecule is CCCCCCCCCOCCCCCCCCCCC(O)CO. The van der Waals surface area contributed by atoms with Gasteiger partial charge in [0, 0.05) is 13.2 Å². The Morgan fingerprint density at radius 2 is 1.04 bits per heavy atom. The fraction of sp³-hybridized carbons (Fsp3) is 1.00. The van der Waals surface area contributed by atoms with E-state index >= 15 is 0 Å². The van der Waals surface area contributed by atoms with Crippen LogP contribution < -0.4 is 0 Å². The van der Waals surface area contributed by atoms with Crippen molar-refractivity contribution in [2.24, 2.45) is 0 Å². The summed E-state index contributed by atoms with van der Waals surface area (Å²) in [5.41, 5.74) is 0. The van der Waals surface area contributed by atoms with Gasteiger partial charge in [-0.3, -0.25) is 0 Å². The normalized spacial score (nSPS) is 12.6. The van der Waals surface area contributed by atoms with Gasteiger partial charge in [0.1, 0.15) is 0 Å². The van der Waals surface area contributed by atoms with Crippen LogP contribution in [0.5, 0.6) is 0 Å². The van der Waals surface area contributed by atoms with E-state index in [0.29, 0.717) is 0 Å². The molecule has 2 N–H and O–H groups in total. The van der Waals surface area contributed by atoms with Crippen LogP contribution in [0.4, 0.5) is 0 Å². The van der Waals surface area contributed by atoms with E-state index in [1.807, 2.05) is 0 Å². The molecule has 3 heteroatoms. The summed E-state index contributed by atoms with van der Waals surface area (Å²) < 4.78 is 5.71. The van der Waals surface area contributed by atoms with Crippen molar-refractivity contribution in [3.8, 4) is 0 Å². The van der Waals surface area contributed by atoms with E-state index in [9.17, 15) is 5.11 Å². The standard InChI is InChI=1S/C21H44O3/c1-2-3-4-5-9-12-15-18-24-19-16-13-10-7-6-8-11-14-17-21(23)20-22/h21-23H,2-20H2,1H3. The molecular weight excluding hydrogens is 300 g/mol. The molecule has 0 aromatic rings. The predicted octanol–water partition coefficient (Wildman–Crippen LogP) is 5.62. The number of aliphatic hydroxyl groups is 2. The Labute approximate surface area is 151 Å². The molecule has 0 aliphatic heterocycles. The van der Waals surface area contributed by atoms with Crippen molar-refractivity contribution < 1.29 is 14.9 Å². The van der Waals surface area contributed by atoms with Crippen molar-refractivity contribution in [2.75, 3.05) is 19.8 Å². The van der Waals surface area contributed by atoms with Crippen LogP contribution in [0.3, 0.4) is 0 Å². The summed E-state index contributed by atoms with van der Waals surface area (Å²) in [6.07, 6.45) is 19.6. The van der Waals surface area contributed by atoms with Gasteiger partial charge in [-0.2, -0.15) is 0 Å². The van der Waals surface area contributed by atoms with Crippen LogP contribution in [-0.2, 0) is 4.74 Å². The van der Waals surface area contributed by atoms with E-state index in [0.717, 1.165) is 26.1 Å². The van der Waals surface area contributed by atoms with Crippen molar-refractivity contribution in [3.63, 3.8) is 0 Å². The summed E-state index contributed by atoms with van der Waals surface area (Å²) in [5, 5.41) is 17.9. The third-order valence-corrected chi connectivity index (χ3v) is 4.68. The van der Waals surface area contributed by atoms with Crippen LogP contribution in [-0.4, -0.2) is 36.1 Å². The zero-order valence-electron chi connectivity index (χ0n) is 16.3. The second-order valence-electron chi connectivity index (χ2n) is 7.19. The van der Waals surface area contributed by atoms with Gasteiger partial charge in [-0.05, 0) is 19.3 Å². The van der Waals surface area contributed by atoms with Crippen LogP contribution in [0.25, 0.3) is 0 Å². The van der Waals surface area contributed by atoms with Crippen molar-refractivity contribution in [2.45, 2.75) is 116 Å². The molecule has 0 fully saturated rings. The highest BCUT2D eigenvalue weighted by molar-refractivity contribution is 4.53. The van der Waals surface area contributed by atoms with Gasteiger partial charge in [0.05, 0.1) is 12.7 Å². The molecule has 0 aliphatic carbocycles. The molecule has 0 aliphatic rings. The fourth-order valence-electron chi connectivity index (χ4n) is 3.00. The van der Waals surface area contributed by atoms with Crippen molar-refractivity contribution >= 4 is 0 Å². The van der Waals surface area contributed by atoms with Crippen LogP contribution >= 0.6 is 0 Å². The lowest BCUT2D eigenvalue weighted by atomic mass is 10.1. The highest BCUT2D eigenvalue weighted by Gasteiger charge is 2.00. The van der Waals surface area contributed by atoms with Gasteiger partial charge >= 0.3 is 0 Å². The molecule has 0 saturated carbocycles. The third kappa shape index (κ3) is 19.9. The minimum absolute atomic E-state index is 0.0962. The molecule has 0 saturated heterocycles. The monoisotopic (exact) mass is 344 g/mol. The van der Waals surface area contributed by atoms with E-state index < -0.39 is 6.10 Å². The van der Waals surface area contributed by atoms with Gasteiger partial charge in [-0.25, -0.2) is 0 Å². The highest BCUT2D eigenvalue weighted by atomic mass is 16.5. The smallest absolute Gasteiger partial charge is 0.0770 e. The van der Waals surface area contributed by atoms with Crippen LogP contribution in [0, 0.1) is 0 Å². The minimum Gasteiger partial charge on any atom is -0.394 e. The molecule has 0 heterocycles. The summed E-state index contributed by atoms with van der Waals surface area (Å²) in [6.45, 7) is 4.06. The van der Waals surface area contributed by atoms with E-state index in [-0.39, 0.29) is 6.61 Å². The van der Waals surface area contributed by atoms with Crippen molar-refractivity contribution in [3.05, 3.63) is 0 Å². The molecule has 1 unspecified atom stereocenters. The van der Waals surface area contributed by atoms with Gasteiger partial charge in [-0.1, -0.05) is 90.4 Å². The predicted molar refractivity (Wildman–Crippen MR) is 103 cm³/mol. The number of rotatable bonds is 20. The maximum absolute atomic E-state index is 9.23. The molecule has 0 aromatic carbocycles. The first kappa shape index (κ1) is 23.9. The third-order valence-electron chi connectivity index (χ3n) is 4.68. The quantitative estimate of drug-likeness (QED) is 0.282. The largest absolute Gasteiger partial charge is 0.394 e. The topological polar surface area (TPSA) is 49.7 Å². The van der Waals surface area contributed by atoms with E-state index in [1.165, 1.54) is 89.9 Å². The molecule has 24 heavy (non-hydrogen) atoms. The summed E-state index contributed by atoms with van der Waals surface area (Å²) in [6, 6.07) is 0. The molecule has 0 rings (SSSR count). The van der Waals surface area contributed by atoms with Gasteiger partial charge in [0.15, 0.2) is 0 Å². The average Bonchev–Trinajstić information content (AvgIpc) is 2.60. The lowest BCUT2D eigenvalue weighted by Crippen LogP contribution is -2.10. The van der Waals surface area contributed by atoms with Crippen LogP contribution in [0.1, 0.15) is 110 Å². The number of hydrogen-bond acceptors (Lipinski definition) is 3. The zero-order chi connectivity index (χ0) is 17.7. The highest BCUT2D eigenvalue weighted by Crippen LogP contribution is 2.11. The van der Waals surface area contributed by atoms with Gasteiger partial charge in [0.2, 0.25) is 0 Å². The Hall–Kier alpha value is -0.120. The first-order valence-electron chi connectivity index (χ1n) is 10.7. The minimum atomic E-state index is -0.508. The van der Waals surface area contributed by atoms with Crippen LogP contribution in [0.2, 0.25) is 0 Å². The fourth-order valence-corrected chi connectivity index (χ4v) is 3.00.